The molecule has 0 radical (unpaired) electrons. The molecule has 8 nitrogen and oxygen atoms in total. The van der Waals surface area contributed by atoms with Crippen molar-refractivity contribution in [1.82, 2.24) is 19.4 Å². The molecular formula is C33H38N4O4. The summed E-state index contributed by atoms with van der Waals surface area (Å²) in [6.45, 7) is 7.39. The maximum Gasteiger partial charge on any atom is 0.354 e. The summed E-state index contributed by atoms with van der Waals surface area (Å²) in [6.07, 6.45) is 4.55. The van der Waals surface area contributed by atoms with Crippen molar-refractivity contribution >= 4 is 5.97 Å². The second-order valence-corrected chi connectivity index (χ2v) is 10.9. The molecule has 1 fully saturated rings. The van der Waals surface area contributed by atoms with Gasteiger partial charge in [-0.3, -0.25) is 0 Å². The largest absolute Gasteiger partial charge is 0.488 e. The molecule has 3 heterocycles. The Hall–Kier alpha value is -4.01. The fraction of sp³-hybridized carbons (Fsp3) is 0.364. The van der Waals surface area contributed by atoms with Crippen molar-refractivity contribution in [3.05, 3.63) is 88.7 Å². The molecule has 8 heteroatoms. The third-order valence-electron chi connectivity index (χ3n) is 7.95. The van der Waals surface area contributed by atoms with Crippen LogP contribution in [0.25, 0.3) is 22.8 Å². The van der Waals surface area contributed by atoms with Crippen LogP contribution in [-0.4, -0.2) is 63.4 Å². The van der Waals surface area contributed by atoms with Crippen molar-refractivity contribution in [3.63, 3.8) is 0 Å². The molecular weight excluding hydrogens is 516 g/mol. The van der Waals surface area contributed by atoms with Crippen molar-refractivity contribution in [1.29, 1.82) is 0 Å². The Morgan fingerprint density at radius 3 is 2.63 bits per heavy atom. The van der Waals surface area contributed by atoms with Gasteiger partial charge in [-0.05, 0) is 81.1 Å². The van der Waals surface area contributed by atoms with Gasteiger partial charge >= 0.3 is 5.97 Å². The van der Waals surface area contributed by atoms with E-state index in [1.807, 2.05) is 37.3 Å². The van der Waals surface area contributed by atoms with Crippen LogP contribution in [0.4, 0.5) is 0 Å². The van der Waals surface area contributed by atoms with Crippen molar-refractivity contribution in [2.45, 2.75) is 45.8 Å². The fourth-order valence-electron chi connectivity index (χ4n) is 5.38. The first-order valence-electron chi connectivity index (χ1n) is 14.1. The quantitative estimate of drug-likeness (QED) is 0.269. The van der Waals surface area contributed by atoms with Gasteiger partial charge in [0.25, 0.3) is 0 Å². The van der Waals surface area contributed by atoms with Gasteiger partial charge in [0.2, 0.25) is 0 Å². The molecule has 0 spiro atoms. The van der Waals surface area contributed by atoms with Crippen LogP contribution < -0.4 is 4.74 Å². The number of carboxylic acids is 1. The van der Waals surface area contributed by atoms with Crippen LogP contribution in [0.15, 0.2) is 60.8 Å². The molecule has 0 unspecified atom stereocenters. The predicted octanol–water partition coefficient (Wildman–Crippen LogP) is 5.70. The maximum atomic E-state index is 11.5. The van der Waals surface area contributed by atoms with Crippen LogP contribution in [0.2, 0.25) is 0 Å². The Balaban J connectivity index is 1.32. The van der Waals surface area contributed by atoms with E-state index in [2.05, 4.69) is 48.1 Å². The van der Waals surface area contributed by atoms with E-state index in [0.717, 1.165) is 67.2 Å². The number of aromatic nitrogens is 3. The number of likely N-dealkylation sites (N-methyl/N-ethyl adjacent to an activating group) is 1. The van der Waals surface area contributed by atoms with Gasteiger partial charge in [0.15, 0.2) is 5.82 Å². The second-order valence-electron chi connectivity index (χ2n) is 10.9. The summed E-state index contributed by atoms with van der Waals surface area (Å²) < 4.78 is 13.5. The molecule has 1 aliphatic heterocycles. The normalized spacial score (nSPS) is 14.0. The summed E-state index contributed by atoms with van der Waals surface area (Å²) >= 11 is 0. The highest BCUT2D eigenvalue weighted by Gasteiger charge is 2.19. The molecule has 4 aromatic rings. The summed E-state index contributed by atoms with van der Waals surface area (Å²) in [7, 11) is 3.90. The average molecular weight is 555 g/mol. The van der Waals surface area contributed by atoms with Crippen LogP contribution in [0.5, 0.6) is 5.75 Å². The van der Waals surface area contributed by atoms with Crippen LogP contribution >= 0.6 is 0 Å². The number of hydrogen-bond acceptors (Lipinski definition) is 6. The number of imidazole rings is 1. The van der Waals surface area contributed by atoms with Gasteiger partial charge in [0.1, 0.15) is 23.7 Å². The van der Waals surface area contributed by atoms with Crippen molar-refractivity contribution in [2.75, 3.05) is 26.8 Å². The highest BCUT2D eigenvalue weighted by molar-refractivity contribution is 5.86. The molecule has 5 rings (SSSR count). The lowest BCUT2D eigenvalue weighted by molar-refractivity contribution is 0.0434. The molecule has 0 aliphatic carbocycles. The number of nitrogens with zero attached hydrogens (tertiary/aromatic N) is 4. The van der Waals surface area contributed by atoms with E-state index in [9.17, 15) is 9.90 Å². The number of hydrogen-bond donors (Lipinski definition) is 1. The number of carbonyl (C=O) groups is 1. The van der Waals surface area contributed by atoms with Gasteiger partial charge in [-0.2, -0.15) is 0 Å². The average Bonchev–Trinajstić information content (AvgIpc) is 3.38. The Kier molecular flexibility index (Phi) is 8.81. The predicted molar refractivity (Wildman–Crippen MR) is 159 cm³/mol. The van der Waals surface area contributed by atoms with Crippen molar-refractivity contribution in [2.24, 2.45) is 7.05 Å². The zero-order valence-corrected chi connectivity index (χ0v) is 24.3. The first-order valence-corrected chi connectivity index (χ1v) is 14.1. The highest BCUT2D eigenvalue weighted by atomic mass is 16.5. The lowest BCUT2D eigenvalue weighted by Gasteiger charge is -2.31. The smallest absolute Gasteiger partial charge is 0.354 e. The summed E-state index contributed by atoms with van der Waals surface area (Å²) in [5.41, 5.74) is 7.19. The zero-order chi connectivity index (χ0) is 28.9. The monoisotopic (exact) mass is 554 g/mol. The third-order valence-corrected chi connectivity index (χ3v) is 7.95. The molecule has 0 saturated carbocycles. The Bertz CT molecular complexity index is 1520. The van der Waals surface area contributed by atoms with Gasteiger partial charge in [0.05, 0.1) is 11.9 Å². The molecule has 0 amide bonds. The molecule has 214 valence electrons. The van der Waals surface area contributed by atoms with Gasteiger partial charge in [-0.25, -0.2) is 14.8 Å². The van der Waals surface area contributed by atoms with E-state index in [4.69, 9.17) is 14.5 Å². The van der Waals surface area contributed by atoms with Gasteiger partial charge in [-0.15, -0.1) is 0 Å². The second kappa shape index (κ2) is 12.7. The van der Waals surface area contributed by atoms with Crippen LogP contribution in [0.3, 0.4) is 0 Å². The van der Waals surface area contributed by atoms with E-state index in [0.29, 0.717) is 24.2 Å². The van der Waals surface area contributed by atoms with Gasteiger partial charge < -0.3 is 24.0 Å². The number of aryl methyl sites for hydroxylation is 2. The van der Waals surface area contributed by atoms with E-state index in [1.165, 1.54) is 17.3 Å². The first kappa shape index (κ1) is 28.5. The molecule has 2 aromatic heterocycles. The molecule has 0 atom stereocenters. The van der Waals surface area contributed by atoms with Crippen molar-refractivity contribution < 1.29 is 19.4 Å². The van der Waals surface area contributed by atoms with Crippen LogP contribution in [0.1, 0.15) is 45.6 Å². The topological polar surface area (TPSA) is 89.7 Å². The number of carboxylic acid groups (broad SMARTS) is 1. The Morgan fingerprint density at radius 1 is 1.10 bits per heavy atom. The third kappa shape index (κ3) is 6.66. The van der Waals surface area contributed by atoms with Crippen LogP contribution in [-0.2, 0) is 24.8 Å². The van der Waals surface area contributed by atoms with Gasteiger partial charge in [0, 0.05) is 38.4 Å². The minimum atomic E-state index is -1.03. The minimum Gasteiger partial charge on any atom is -0.488 e. The number of benzene rings is 2. The molecule has 41 heavy (non-hydrogen) atoms. The van der Waals surface area contributed by atoms with Crippen molar-refractivity contribution in [3.8, 4) is 28.5 Å². The Labute approximate surface area is 241 Å². The molecule has 1 aliphatic rings. The summed E-state index contributed by atoms with van der Waals surface area (Å²) in [6, 6.07) is 18.9. The summed E-state index contributed by atoms with van der Waals surface area (Å²) in [4.78, 5) is 23.1. The lowest BCUT2D eigenvalue weighted by Crippen LogP contribution is -2.37. The minimum absolute atomic E-state index is 0.111. The van der Waals surface area contributed by atoms with E-state index in [-0.39, 0.29) is 5.69 Å². The lowest BCUT2D eigenvalue weighted by atomic mass is 10.0. The molecule has 1 N–H and O–H groups in total. The summed E-state index contributed by atoms with van der Waals surface area (Å²) in [5, 5.41) is 9.41. The first-order chi connectivity index (χ1) is 19.8. The number of rotatable bonds is 10. The van der Waals surface area contributed by atoms with E-state index >= 15 is 0 Å². The zero-order valence-electron chi connectivity index (χ0n) is 24.3. The number of ether oxygens (including phenoxy) is 2. The Morgan fingerprint density at radius 2 is 1.88 bits per heavy atom. The highest BCUT2D eigenvalue weighted by Crippen LogP contribution is 2.32. The maximum absolute atomic E-state index is 11.5. The molecule has 2 aromatic carbocycles. The van der Waals surface area contributed by atoms with E-state index < -0.39 is 5.97 Å². The molecule has 0 bridgehead atoms. The standard InChI is InChI=1S/C33H38N4O4/c1-22-8-11-31(27(18-22)28-6-5-7-29(35-28)32-34-20-30(33(38)39)37(32)4)41-21-24-10-9-23(2)25(19-24)12-15-36(3)26-13-16-40-17-14-26/h5-11,18-20,26H,12-17,21H2,1-4H3,(H,38,39). The number of pyridine rings is 1. The SMILES string of the molecule is Cc1ccc(OCc2ccc(C)c(CCN(C)C3CCOCC3)c2)c(-c2cccc(-c3ncc(C(=O)O)n3C)n2)c1. The number of aromatic carboxylic acids is 1. The van der Waals surface area contributed by atoms with Crippen LogP contribution in [0, 0.1) is 13.8 Å². The molecule has 1 saturated heterocycles. The fourth-order valence-corrected chi connectivity index (χ4v) is 5.38. The van der Waals surface area contributed by atoms with Gasteiger partial charge in [-0.1, -0.05) is 35.9 Å². The van der Waals surface area contributed by atoms with E-state index in [1.54, 1.807) is 11.6 Å². The summed E-state index contributed by atoms with van der Waals surface area (Å²) in [5.74, 6) is 0.212.